The molecule has 1 aromatic rings. The number of benzene rings is 1. The van der Waals surface area contributed by atoms with E-state index in [0.29, 0.717) is 5.92 Å². The van der Waals surface area contributed by atoms with Crippen LogP contribution in [0, 0.1) is 5.92 Å². The van der Waals surface area contributed by atoms with Crippen LogP contribution in [0.4, 0.5) is 5.69 Å². The van der Waals surface area contributed by atoms with Crippen LogP contribution in [0.2, 0.25) is 0 Å². The fourth-order valence-corrected chi connectivity index (χ4v) is 2.65. The number of carboxylic acids is 1. The number of carbonyl (C=O) groups is 1. The lowest BCUT2D eigenvalue weighted by Crippen LogP contribution is -2.20. The lowest BCUT2D eigenvalue weighted by molar-refractivity contribution is -0.142. The molecular weight excluding hydrogens is 246 g/mol. The lowest BCUT2D eigenvalue weighted by Gasteiger charge is -2.26. The maximum atomic E-state index is 10.9. The van der Waals surface area contributed by atoms with Gasteiger partial charge in [0.05, 0.1) is 16.8 Å². The van der Waals surface area contributed by atoms with E-state index in [0.717, 1.165) is 31.4 Å². The molecule has 1 aromatic carbocycles. The van der Waals surface area contributed by atoms with Crippen molar-refractivity contribution in [1.29, 1.82) is 0 Å². The predicted octanol–water partition coefficient (Wildman–Crippen LogP) is 3.78. The SMILES string of the molecule is O=C(O)[C@H]1CC[C@H](c2ccc(N=C=S)cc2)CC1. The largest absolute Gasteiger partial charge is 0.481 e. The summed E-state index contributed by atoms with van der Waals surface area (Å²) in [7, 11) is 0. The lowest BCUT2D eigenvalue weighted by atomic mass is 9.79. The van der Waals surface area contributed by atoms with Crippen molar-refractivity contribution in [3.05, 3.63) is 29.8 Å². The van der Waals surface area contributed by atoms with E-state index in [2.05, 4.69) is 34.5 Å². The Bertz CT molecular complexity index is 469. The maximum Gasteiger partial charge on any atom is 0.306 e. The Hall–Kier alpha value is -1.51. The summed E-state index contributed by atoms with van der Waals surface area (Å²) in [6.45, 7) is 0. The fraction of sp³-hybridized carbons (Fsp3) is 0.429. The van der Waals surface area contributed by atoms with Gasteiger partial charge in [0.1, 0.15) is 0 Å². The normalized spacial score (nSPS) is 23.1. The first-order valence-electron chi connectivity index (χ1n) is 6.11. The van der Waals surface area contributed by atoms with Gasteiger partial charge in [-0.3, -0.25) is 4.79 Å². The predicted molar refractivity (Wildman–Crippen MR) is 73.5 cm³/mol. The van der Waals surface area contributed by atoms with Gasteiger partial charge in [-0.05, 0) is 61.5 Å². The molecule has 0 spiro atoms. The highest BCUT2D eigenvalue weighted by atomic mass is 32.1. The van der Waals surface area contributed by atoms with Crippen LogP contribution < -0.4 is 0 Å². The summed E-state index contributed by atoms with van der Waals surface area (Å²) in [5, 5.41) is 11.3. The third kappa shape index (κ3) is 3.03. The molecule has 0 aromatic heterocycles. The zero-order chi connectivity index (χ0) is 13.0. The van der Waals surface area contributed by atoms with E-state index in [1.54, 1.807) is 0 Å². The third-order valence-corrected chi connectivity index (χ3v) is 3.71. The van der Waals surface area contributed by atoms with Crippen molar-refractivity contribution >= 4 is 29.0 Å². The second-order valence-corrected chi connectivity index (χ2v) is 4.86. The minimum atomic E-state index is -0.654. The number of aliphatic imine (C=N–C) groups is 1. The van der Waals surface area contributed by atoms with Crippen LogP contribution in [0.3, 0.4) is 0 Å². The first kappa shape index (κ1) is 12.9. The molecule has 1 N–H and O–H groups in total. The van der Waals surface area contributed by atoms with Crippen molar-refractivity contribution in [3.8, 4) is 0 Å². The van der Waals surface area contributed by atoms with E-state index in [9.17, 15) is 4.79 Å². The first-order chi connectivity index (χ1) is 8.70. The Morgan fingerprint density at radius 1 is 1.22 bits per heavy atom. The molecule has 94 valence electrons. The van der Waals surface area contributed by atoms with Crippen LogP contribution in [-0.4, -0.2) is 16.2 Å². The Kier molecular flexibility index (Phi) is 4.24. The molecule has 3 nitrogen and oxygen atoms in total. The van der Waals surface area contributed by atoms with Crippen LogP contribution in [0.25, 0.3) is 0 Å². The van der Waals surface area contributed by atoms with Gasteiger partial charge in [0.2, 0.25) is 0 Å². The highest BCUT2D eigenvalue weighted by Crippen LogP contribution is 2.36. The van der Waals surface area contributed by atoms with Gasteiger partial charge in [-0.2, -0.15) is 4.99 Å². The van der Waals surface area contributed by atoms with E-state index < -0.39 is 5.97 Å². The minimum absolute atomic E-state index is 0.153. The van der Waals surface area contributed by atoms with Crippen molar-refractivity contribution in [2.75, 3.05) is 0 Å². The number of carboxylic acid groups (broad SMARTS) is 1. The molecule has 18 heavy (non-hydrogen) atoms. The Morgan fingerprint density at radius 3 is 2.33 bits per heavy atom. The van der Waals surface area contributed by atoms with Crippen LogP contribution >= 0.6 is 12.2 Å². The van der Waals surface area contributed by atoms with Gasteiger partial charge in [-0.15, -0.1) is 0 Å². The maximum absolute atomic E-state index is 10.9. The summed E-state index contributed by atoms with van der Waals surface area (Å²) in [6, 6.07) is 7.96. The summed E-state index contributed by atoms with van der Waals surface area (Å²) in [5.74, 6) is -0.329. The molecule has 1 fully saturated rings. The molecule has 0 bridgehead atoms. The summed E-state index contributed by atoms with van der Waals surface area (Å²) in [4.78, 5) is 14.8. The number of aliphatic carboxylic acids is 1. The summed E-state index contributed by atoms with van der Waals surface area (Å²) >= 11 is 4.56. The van der Waals surface area contributed by atoms with Crippen molar-refractivity contribution < 1.29 is 9.90 Å². The third-order valence-electron chi connectivity index (χ3n) is 3.62. The molecule has 2 rings (SSSR count). The number of hydrogen-bond acceptors (Lipinski definition) is 3. The zero-order valence-electron chi connectivity index (χ0n) is 10.0. The number of hydrogen-bond donors (Lipinski definition) is 1. The molecule has 1 saturated carbocycles. The molecule has 0 radical (unpaired) electrons. The topological polar surface area (TPSA) is 49.7 Å². The number of nitrogens with zero attached hydrogens (tertiary/aromatic N) is 1. The molecule has 1 aliphatic carbocycles. The van der Waals surface area contributed by atoms with E-state index in [1.807, 2.05) is 12.1 Å². The first-order valence-corrected chi connectivity index (χ1v) is 6.52. The molecule has 1 aliphatic rings. The van der Waals surface area contributed by atoms with E-state index >= 15 is 0 Å². The molecule has 0 aliphatic heterocycles. The zero-order valence-corrected chi connectivity index (χ0v) is 10.8. The van der Waals surface area contributed by atoms with Gasteiger partial charge in [0.15, 0.2) is 0 Å². The summed E-state index contributed by atoms with van der Waals surface area (Å²) < 4.78 is 0. The summed E-state index contributed by atoms with van der Waals surface area (Å²) in [6.07, 6.45) is 3.46. The van der Waals surface area contributed by atoms with Gasteiger partial charge in [0.25, 0.3) is 0 Å². The van der Waals surface area contributed by atoms with E-state index in [4.69, 9.17) is 5.11 Å². The van der Waals surface area contributed by atoms with Crippen LogP contribution in [0.5, 0.6) is 0 Å². The van der Waals surface area contributed by atoms with Gasteiger partial charge in [-0.25, -0.2) is 0 Å². The van der Waals surface area contributed by atoms with Crippen LogP contribution in [0.1, 0.15) is 37.2 Å². The van der Waals surface area contributed by atoms with Crippen molar-refractivity contribution in [1.82, 2.24) is 0 Å². The quantitative estimate of drug-likeness (QED) is 0.665. The molecule has 0 unspecified atom stereocenters. The number of rotatable bonds is 3. The van der Waals surface area contributed by atoms with Crippen molar-refractivity contribution in [2.24, 2.45) is 10.9 Å². The number of isothiocyanates is 1. The fourth-order valence-electron chi connectivity index (χ4n) is 2.55. The molecular formula is C14H15NO2S. The van der Waals surface area contributed by atoms with E-state index in [-0.39, 0.29) is 5.92 Å². The highest BCUT2D eigenvalue weighted by molar-refractivity contribution is 7.78. The average molecular weight is 261 g/mol. The average Bonchev–Trinajstić information content (AvgIpc) is 2.40. The summed E-state index contributed by atoms with van der Waals surface area (Å²) in [5.41, 5.74) is 2.08. The highest BCUT2D eigenvalue weighted by Gasteiger charge is 2.26. The van der Waals surface area contributed by atoms with Gasteiger partial charge >= 0.3 is 5.97 Å². The molecule has 0 amide bonds. The second-order valence-electron chi connectivity index (χ2n) is 4.68. The standard InChI is InChI=1S/C14H15NO2S/c16-14(17)12-3-1-10(2-4-12)11-5-7-13(8-6-11)15-9-18/h5-8,10,12H,1-4H2,(H,16,17)/t10-,12-. The molecule has 4 heteroatoms. The van der Waals surface area contributed by atoms with Crippen LogP contribution in [0.15, 0.2) is 29.3 Å². The second kappa shape index (κ2) is 5.89. The molecule has 0 heterocycles. The smallest absolute Gasteiger partial charge is 0.306 e. The van der Waals surface area contributed by atoms with Crippen molar-refractivity contribution in [3.63, 3.8) is 0 Å². The Balaban J connectivity index is 2.01. The van der Waals surface area contributed by atoms with Gasteiger partial charge in [0, 0.05) is 0 Å². The minimum Gasteiger partial charge on any atom is -0.481 e. The molecule has 0 atom stereocenters. The van der Waals surface area contributed by atoms with Gasteiger partial charge in [-0.1, -0.05) is 12.1 Å². The Labute approximate surface area is 112 Å². The Morgan fingerprint density at radius 2 is 1.83 bits per heavy atom. The van der Waals surface area contributed by atoms with Crippen LogP contribution in [-0.2, 0) is 4.79 Å². The monoisotopic (exact) mass is 261 g/mol. The molecule has 0 saturated heterocycles. The van der Waals surface area contributed by atoms with E-state index in [1.165, 1.54) is 5.56 Å². The van der Waals surface area contributed by atoms with Gasteiger partial charge < -0.3 is 5.11 Å². The van der Waals surface area contributed by atoms with Crippen molar-refractivity contribution in [2.45, 2.75) is 31.6 Å². The number of thiocarbonyl (C=S) groups is 1.